The molecular weight excluding hydrogens is 226 g/mol. The average Bonchev–Trinajstić information content (AvgIpc) is 2.40. The van der Waals surface area contributed by atoms with Gasteiger partial charge in [-0.1, -0.05) is 42.5 Å². The minimum Gasteiger partial charge on any atom is -0.384 e. The van der Waals surface area contributed by atoms with Crippen molar-refractivity contribution in [2.45, 2.75) is 11.3 Å². The van der Waals surface area contributed by atoms with Crippen molar-refractivity contribution in [3.05, 3.63) is 60.2 Å². The third-order valence-corrected chi connectivity index (χ3v) is 3.47. The molecule has 2 rings (SSSR count). The summed E-state index contributed by atoms with van der Waals surface area (Å²) in [5.41, 5.74) is 2.61. The number of thioether (sulfide) groups is 1. The van der Waals surface area contributed by atoms with E-state index >= 15 is 0 Å². The highest BCUT2D eigenvalue weighted by Crippen LogP contribution is 2.24. The SMILES string of the molecule is CSc1ccccc1NCCc1ccccc1. The average molecular weight is 243 g/mol. The molecule has 2 aromatic rings. The van der Waals surface area contributed by atoms with Crippen LogP contribution in [0.15, 0.2) is 59.5 Å². The van der Waals surface area contributed by atoms with Gasteiger partial charge in [-0.05, 0) is 30.4 Å². The van der Waals surface area contributed by atoms with Gasteiger partial charge in [0.1, 0.15) is 0 Å². The van der Waals surface area contributed by atoms with Gasteiger partial charge in [0.2, 0.25) is 0 Å². The Balaban J connectivity index is 1.90. The van der Waals surface area contributed by atoms with Crippen LogP contribution in [0.25, 0.3) is 0 Å². The van der Waals surface area contributed by atoms with Gasteiger partial charge in [-0.25, -0.2) is 0 Å². The summed E-state index contributed by atoms with van der Waals surface area (Å²) in [5, 5.41) is 3.49. The lowest BCUT2D eigenvalue weighted by Gasteiger charge is -2.10. The summed E-state index contributed by atoms with van der Waals surface area (Å²) >= 11 is 1.78. The van der Waals surface area contributed by atoms with Crippen molar-refractivity contribution in [3.8, 4) is 0 Å². The summed E-state index contributed by atoms with van der Waals surface area (Å²) in [6.07, 6.45) is 3.17. The zero-order chi connectivity index (χ0) is 11.9. The molecule has 0 aliphatic rings. The summed E-state index contributed by atoms with van der Waals surface area (Å²) < 4.78 is 0. The number of benzene rings is 2. The van der Waals surface area contributed by atoms with Crippen molar-refractivity contribution in [1.82, 2.24) is 0 Å². The molecular formula is C15H17NS. The molecule has 2 heteroatoms. The van der Waals surface area contributed by atoms with Crippen LogP contribution in [0.4, 0.5) is 5.69 Å². The van der Waals surface area contributed by atoms with Gasteiger partial charge in [0.25, 0.3) is 0 Å². The maximum absolute atomic E-state index is 3.49. The first-order valence-corrected chi connectivity index (χ1v) is 7.03. The van der Waals surface area contributed by atoms with E-state index in [1.807, 2.05) is 0 Å². The maximum Gasteiger partial charge on any atom is 0.0478 e. The molecule has 0 spiro atoms. The summed E-state index contributed by atoms with van der Waals surface area (Å²) in [6, 6.07) is 19.0. The molecule has 1 N–H and O–H groups in total. The van der Waals surface area contributed by atoms with Crippen molar-refractivity contribution < 1.29 is 0 Å². The molecule has 0 fully saturated rings. The second kappa shape index (κ2) is 6.36. The van der Waals surface area contributed by atoms with E-state index in [0.29, 0.717) is 0 Å². The van der Waals surface area contributed by atoms with E-state index in [4.69, 9.17) is 0 Å². The molecule has 0 heterocycles. The first kappa shape index (κ1) is 12.1. The third kappa shape index (κ3) is 3.53. The van der Waals surface area contributed by atoms with Gasteiger partial charge in [0.15, 0.2) is 0 Å². The topological polar surface area (TPSA) is 12.0 Å². The summed E-state index contributed by atoms with van der Waals surface area (Å²) in [4.78, 5) is 1.31. The fraction of sp³-hybridized carbons (Fsp3) is 0.200. The van der Waals surface area contributed by atoms with E-state index < -0.39 is 0 Å². The number of para-hydroxylation sites is 1. The molecule has 0 aromatic heterocycles. The number of hydrogen-bond donors (Lipinski definition) is 1. The number of rotatable bonds is 5. The van der Waals surface area contributed by atoms with Crippen LogP contribution >= 0.6 is 11.8 Å². The number of anilines is 1. The molecule has 0 aliphatic carbocycles. The van der Waals surface area contributed by atoms with Crippen LogP contribution in [0.2, 0.25) is 0 Å². The lowest BCUT2D eigenvalue weighted by atomic mass is 10.1. The minimum atomic E-state index is 0.974. The summed E-state index contributed by atoms with van der Waals surface area (Å²) in [7, 11) is 0. The molecule has 0 unspecified atom stereocenters. The Kier molecular flexibility index (Phi) is 4.51. The van der Waals surface area contributed by atoms with E-state index in [1.165, 1.54) is 16.1 Å². The van der Waals surface area contributed by atoms with E-state index in [2.05, 4.69) is 66.2 Å². The Morgan fingerprint density at radius 1 is 0.941 bits per heavy atom. The molecule has 0 atom stereocenters. The fourth-order valence-corrected chi connectivity index (χ4v) is 2.35. The molecule has 0 saturated carbocycles. The van der Waals surface area contributed by atoms with Gasteiger partial charge in [0, 0.05) is 17.1 Å². The van der Waals surface area contributed by atoms with Gasteiger partial charge in [-0.2, -0.15) is 0 Å². The van der Waals surface area contributed by atoms with Gasteiger partial charge in [0.05, 0.1) is 0 Å². The first-order chi connectivity index (χ1) is 8.40. The highest BCUT2D eigenvalue weighted by atomic mass is 32.2. The molecule has 1 nitrogen and oxygen atoms in total. The summed E-state index contributed by atoms with van der Waals surface area (Å²) in [5.74, 6) is 0. The van der Waals surface area contributed by atoms with Gasteiger partial charge in [-0.3, -0.25) is 0 Å². The van der Waals surface area contributed by atoms with Gasteiger partial charge < -0.3 is 5.32 Å². The normalized spacial score (nSPS) is 10.2. The lowest BCUT2D eigenvalue weighted by molar-refractivity contribution is 1.01. The third-order valence-electron chi connectivity index (χ3n) is 2.68. The van der Waals surface area contributed by atoms with Crippen molar-refractivity contribution in [2.24, 2.45) is 0 Å². The van der Waals surface area contributed by atoms with Crippen LogP contribution in [0, 0.1) is 0 Å². The van der Waals surface area contributed by atoms with E-state index in [0.717, 1.165) is 13.0 Å². The predicted octanol–water partition coefficient (Wildman–Crippen LogP) is 4.06. The zero-order valence-corrected chi connectivity index (χ0v) is 10.8. The molecule has 0 amide bonds. The highest BCUT2D eigenvalue weighted by Gasteiger charge is 1.98. The molecule has 2 aromatic carbocycles. The van der Waals surface area contributed by atoms with Crippen LogP contribution in [-0.2, 0) is 6.42 Å². The van der Waals surface area contributed by atoms with Gasteiger partial charge in [-0.15, -0.1) is 11.8 Å². The Bertz CT molecular complexity index is 453. The Labute approximate surface area is 107 Å². The van der Waals surface area contributed by atoms with Crippen molar-refractivity contribution >= 4 is 17.4 Å². The van der Waals surface area contributed by atoms with Crippen LogP contribution in [0.5, 0.6) is 0 Å². The van der Waals surface area contributed by atoms with Crippen LogP contribution in [-0.4, -0.2) is 12.8 Å². The van der Waals surface area contributed by atoms with Gasteiger partial charge >= 0.3 is 0 Å². The van der Waals surface area contributed by atoms with E-state index in [9.17, 15) is 0 Å². The van der Waals surface area contributed by atoms with E-state index in [-0.39, 0.29) is 0 Å². The molecule has 88 valence electrons. The van der Waals surface area contributed by atoms with Crippen LogP contribution in [0.3, 0.4) is 0 Å². The fourth-order valence-electron chi connectivity index (χ4n) is 1.78. The second-order valence-corrected chi connectivity index (χ2v) is 4.71. The second-order valence-electron chi connectivity index (χ2n) is 3.86. The quantitative estimate of drug-likeness (QED) is 0.795. The number of nitrogens with one attached hydrogen (secondary N) is 1. The largest absolute Gasteiger partial charge is 0.384 e. The number of hydrogen-bond acceptors (Lipinski definition) is 2. The van der Waals surface area contributed by atoms with Crippen molar-refractivity contribution in [1.29, 1.82) is 0 Å². The Morgan fingerprint density at radius 3 is 2.41 bits per heavy atom. The molecule has 0 radical (unpaired) electrons. The molecule has 0 aliphatic heterocycles. The van der Waals surface area contributed by atoms with Crippen LogP contribution < -0.4 is 5.32 Å². The summed E-state index contributed by atoms with van der Waals surface area (Å²) in [6.45, 7) is 0.974. The van der Waals surface area contributed by atoms with E-state index in [1.54, 1.807) is 11.8 Å². The molecule has 0 bridgehead atoms. The Hall–Kier alpha value is -1.41. The lowest BCUT2D eigenvalue weighted by Crippen LogP contribution is -2.05. The molecule has 0 saturated heterocycles. The highest BCUT2D eigenvalue weighted by molar-refractivity contribution is 7.98. The Morgan fingerprint density at radius 2 is 1.65 bits per heavy atom. The van der Waals surface area contributed by atoms with Crippen molar-refractivity contribution in [3.63, 3.8) is 0 Å². The smallest absolute Gasteiger partial charge is 0.0478 e. The minimum absolute atomic E-state index is 0.974. The standard InChI is InChI=1S/C15H17NS/c1-17-15-10-6-5-9-14(15)16-12-11-13-7-3-2-4-8-13/h2-10,16H,11-12H2,1H3. The van der Waals surface area contributed by atoms with Crippen LogP contribution in [0.1, 0.15) is 5.56 Å². The maximum atomic E-state index is 3.49. The monoisotopic (exact) mass is 243 g/mol. The molecule has 17 heavy (non-hydrogen) atoms. The first-order valence-electron chi connectivity index (χ1n) is 5.81. The van der Waals surface area contributed by atoms with Crippen molar-refractivity contribution in [2.75, 3.05) is 18.1 Å². The zero-order valence-electron chi connectivity index (χ0n) is 10.0. The predicted molar refractivity (Wildman–Crippen MR) is 76.9 cm³/mol.